The third-order valence-corrected chi connectivity index (χ3v) is 4.63. The van der Waals surface area contributed by atoms with E-state index < -0.39 is 0 Å². The van der Waals surface area contributed by atoms with Gasteiger partial charge in [0.2, 0.25) is 0 Å². The van der Waals surface area contributed by atoms with Crippen molar-refractivity contribution in [1.29, 1.82) is 0 Å². The fourth-order valence-electron chi connectivity index (χ4n) is 2.01. The summed E-state index contributed by atoms with van der Waals surface area (Å²) < 4.78 is 14.0. The van der Waals surface area contributed by atoms with E-state index >= 15 is 0 Å². The van der Waals surface area contributed by atoms with E-state index in [1.165, 1.54) is 4.88 Å². The van der Waals surface area contributed by atoms with Crippen molar-refractivity contribution in [3.63, 3.8) is 0 Å². The molecule has 1 nitrogen and oxygen atoms in total. The third-order valence-electron chi connectivity index (χ3n) is 3.03. The fraction of sp³-hybridized carbons (Fsp3) is 0.333. The first kappa shape index (κ1) is 14.7. The first-order valence-corrected chi connectivity index (χ1v) is 7.96. The van der Waals surface area contributed by atoms with Crippen molar-refractivity contribution in [2.24, 2.45) is 5.92 Å². The van der Waals surface area contributed by atoms with E-state index in [9.17, 15) is 4.39 Å². The summed E-state index contributed by atoms with van der Waals surface area (Å²) in [5.41, 5.74) is 0.961. The van der Waals surface area contributed by atoms with Gasteiger partial charge in [0.05, 0.1) is 4.47 Å². The van der Waals surface area contributed by atoms with Crippen LogP contribution in [0, 0.1) is 11.7 Å². The molecule has 1 N–H and O–H groups in total. The second kappa shape index (κ2) is 6.64. The van der Waals surface area contributed by atoms with Crippen molar-refractivity contribution in [3.8, 4) is 0 Å². The van der Waals surface area contributed by atoms with Crippen LogP contribution in [0.4, 0.5) is 4.39 Å². The van der Waals surface area contributed by atoms with Crippen LogP contribution in [0.3, 0.4) is 0 Å². The van der Waals surface area contributed by atoms with Gasteiger partial charge in [0.15, 0.2) is 0 Å². The summed E-state index contributed by atoms with van der Waals surface area (Å²) in [6, 6.07) is 9.78. The Balaban J connectivity index is 2.05. The molecule has 1 aromatic carbocycles. The van der Waals surface area contributed by atoms with Crippen molar-refractivity contribution in [3.05, 3.63) is 56.4 Å². The molecule has 0 saturated heterocycles. The highest BCUT2D eigenvalue weighted by Crippen LogP contribution is 2.26. The molecule has 0 bridgehead atoms. The molecule has 0 aliphatic heterocycles. The van der Waals surface area contributed by atoms with E-state index in [0.717, 1.165) is 5.56 Å². The maximum absolute atomic E-state index is 13.5. The van der Waals surface area contributed by atoms with Gasteiger partial charge < -0.3 is 5.32 Å². The molecule has 0 saturated carbocycles. The van der Waals surface area contributed by atoms with Gasteiger partial charge in [-0.3, -0.25) is 0 Å². The maximum atomic E-state index is 13.5. The van der Waals surface area contributed by atoms with E-state index in [0.29, 0.717) is 23.0 Å². The standard InChI is InChI=1S/C15H17BrFNS/c1-10(2)15(14-4-3-7-19-14)18-9-11-5-6-12(16)13(17)8-11/h3-8,10,15,18H,9H2,1-2H3. The first-order chi connectivity index (χ1) is 9.08. The lowest BCUT2D eigenvalue weighted by atomic mass is 10.0. The highest BCUT2D eigenvalue weighted by atomic mass is 79.9. The second-order valence-corrected chi connectivity index (χ2v) is 6.70. The molecule has 19 heavy (non-hydrogen) atoms. The highest BCUT2D eigenvalue weighted by molar-refractivity contribution is 9.10. The van der Waals surface area contributed by atoms with Crippen LogP contribution in [0.2, 0.25) is 0 Å². The van der Waals surface area contributed by atoms with Crippen LogP contribution in [0.25, 0.3) is 0 Å². The molecule has 1 heterocycles. The molecule has 0 radical (unpaired) electrons. The minimum atomic E-state index is -0.212. The Morgan fingerprint density at radius 3 is 2.68 bits per heavy atom. The molecule has 4 heteroatoms. The molecule has 0 amide bonds. The van der Waals surface area contributed by atoms with Crippen molar-refractivity contribution in [2.75, 3.05) is 0 Å². The number of thiophene rings is 1. The summed E-state index contributed by atoms with van der Waals surface area (Å²) in [5, 5.41) is 5.60. The minimum Gasteiger partial charge on any atom is -0.305 e. The van der Waals surface area contributed by atoms with Gasteiger partial charge in [0.25, 0.3) is 0 Å². The van der Waals surface area contributed by atoms with Crippen molar-refractivity contribution in [2.45, 2.75) is 26.4 Å². The number of nitrogens with one attached hydrogen (secondary N) is 1. The van der Waals surface area contributed by atoms with Crippen molar-refractivity contribution in [1.82, 2.24) is 5.32 Å². The molecule has 0 spiro atoms. The van der Waals surface area contributed by atoms with Crippen LogP contribution in [-0.4, -0.2) is 0 Å². The Morgan fingerprint density at radius 1 is 1.32 bits per heavy atom. The Labute approximate surface area is 126 Å². The Bertz CT molecular complexity index is 525. The Kier molecular flexibility index (Phi) is 5.13. The molecule has 1 unspecified atom stereocenters. The second-order valence-electron chi connectivity index (χ2n) is 4.87. The van der Waals surface area contributed by atoms with Gasteiger partial charge in [-0.25, -0.2) is 4.39 Å². The molecule has 2 rings (SSSR count). The van der Waals surface area contributed by atoms with Crippen molar-refractivity contribution < 1.29 is 4.39 Å². The average molecular weight is 342 g/mol. The summed E-state index contributed by atoms with van der Waals surface area (Å²) in [5.74, 6) is 0.287. The average Bonchev–Trinajstić information content (AvgIpc) is 2.87. The molecule has 0 aliphatic rings. The molecular weight excluding hydrogens is 325 g/mol. The van der Waals surface area contributed by atoms with Crippen LogP contribution in [0.1, 0.15) is 30.3 Å². The van der Waals surface area contributed by atoms with Crippen LogP contribution >= 0.6 is 27.3 Å². The van der Waals surface area contributed by atoms with Gasteiger partial charge in [0.1, 0.15) is 5.82 Å². The minimum absolute atomic E-state index is 0.212. The topological polar surface area (TPSA) is 12.0 Å². The maximum Gasteiger partial charge on any atom is 0.137 e. The summed E-state index contributed by atoms with van der Waals surface area (Å²) in [4.78, 5) is 1.33. The smallest absolute Gasteiger partial charge is 0.137 e. The largest absolute Gasteiger partial charge is 0.305 e. The van der Waals surface area contributed by atoms with E-state index in [2.05, 4.69) is 52.6 Å². The van der Waals surface area contributed by atoms with Gasteiger partial charge in [-0.05, 0) is 51.0 Å². The summed E-state index contributed by atoms with van der Waals surface area (Å²) in [6.45, 7) is 5.06. The molecule has 0 fully saturated rings. The summed E-state index contributed by atoms with van der Waals surface area (Å²) >= 11 is 4.93. The lowest BCUT2D eigenvalue weighted by Gasteiger charge is -2.21. The van der Waals surface area contributed by atoms with Gasteiger partial charge >= 0.3 is 0 Å². The van der Waals surface area contributed by atoms with E-state index in [-0.39, 0.29) is 5.82 Å². The van der Waals surface area contributed by atoms with Gasteiger partial charge in [-0.1, -0.05) is 26.0 Å². The zero-order valence-corrected chi connectivity index (χ0v) is 13.4. The SMILES string of the molecule is CC(C)C(NCc1ccc(Br)c(F)c1)c1cccs1. The number of hydrogen-bond acceptors (Lipinski definition) is 2. The lowest BCUT2D eigenvalue weighted by Crippen LogP contribution is -2.24. The number of rotatable bonds is 5. The predicted octanol–water partition coefficient (Wildman–Crippen LogP) is 5.14. The zero-order valence-electron chi connectivity index (χ0n) is 11.0. The van der Waals surface area contributed by atoms with Crippen LogP contribution in [0.5, 0.6) is 0 Å². The molecular formula is C15H17BrFNS. The number of halogens is 2. The molecule has 0 aliphatic carbocycles. The highest BCUT2D eigenvalue weighted by Gasteiger charge is 2.16. The van der Waals surface area contributed by atoms with E-state index in [1.807, 2.05) is 6.07 Å². The quantitative estimate of drug-likeness (QED) is 0.794. The van der Waals surface area contributed by atoms with Crippen molar-refractivity contribution >= 4 is 27.3 Å². The lowest BCUT2D eigenvalue weighted by molar-refractivity contribution is 0.416. The van der Waals surface area contributed by atoms with Gasteiger partial charge in [-0.2, -0.15) is 0 Å². The normalized spacial score (nSPS) is 12.9. The summed E-state index contributed by atoms with van der Waals surface area (Å²) in [7, 11) is 0. The van der Waals surface area contributed by atoms with Crippen LogP contribution < -0.4 is 5.32 Å². The summed E-state index contributed by atoms with van der Waals surface area (Å²) in [6.07, 6.45) is 0. The van der Waals surface area contributed by atoms with E-state index in [4.69, 9.17) is 0 Å². The molecule has 102 valence electrons. The Morgan fingerprint density at radius 2 is 2.11 bits per heavy atom. The van der Waals surface area contributed by atoms with Gasteiger partial charge in [0, 0.05) is 17.5 Å². The zero-order chi connectivity index (χ0) is 13.8. The molecule has 1 aromatic heterocycles. The number of hydrogen-bond donors (Lipinski definition) is 1. The van der Waals surface area contributed by atoms with E-state index in [1.54, 1.807) is 23.5 Å². The molecule has 2 aromatic rings. The molecule has 1 atom stereocenters. The first-order valence-electron chi connectivity index (χ1n) is 6.28. The number of benzene rings is 1. The Hall–Kier alpha value is -0.710. The van der Waals surface area contributed by atoms with Crippen LogP contribution in [-0.2, 0) is 6.54 Å². The van der Waals surface area contributed by atoms with Crippen LogP contribution in [0.15, 0.2) is 40.2 Å². The predicted molar refractivity (Wildman–Crippen MR) is 82.8 cm³/mol. The fourth-order valence-corrected chi connectivity index (χ4v) is 3.23. The van der Waals surface area contributed by atoms with Gasteiger partial charge in [-0.15, -0.1) is 11.3 Å². The third kappa shape index (κ3) is 3.88. The monoisotopic (exact) mass is 341 g/mol.